The number of carbonyl (C=O) groups excluding carboxylic acids is 2. The molecular weight excluding hydrogens is 316 g/mol. The molecule has 2 aromatic rings. The second-order valence-electron chi connectivity index (χ2n) is 5.89. The molecule has 0 aromatic heterocycles. The largest absolute Gasteiger partial charge is 0.494 e. The molecule has 0 radical (unpaired) electrons. The van der Waals surface area contributed by atoms with Crippen LogP contribution in [0.2, 0.25) is 0 Å². The molecule has 0 heterocycles. The Labute approximate surface area is 148 Å². The molecule has 0 fully saturated rings. The van der Waals surface area contributed by atoms with Gasteiger partial charge in [-0.2, -0.15) is 0 Å². The van der Waals surface area contributed by atoms with Gasteiger partial charge in [-0.3, -0.25) is 9.59 Å². The van der Waals surface area contributed by atoms with E-state index in [9.17, 15) is 9.59 Å². The van der Waals surface area contributed by atoms with Crippen LogP contribution in [-0.2, 0) is 11.2 Å². The van der Waals surface area contributed by atoms with Crippen molar-refractivity contribution in [1.29, 1.82) is 0 Å². The summed E-state index contributed by atoms with van der Waals surface area (Å²) in [5.74, 6) is 0.0589. The number of primary amides is 1. The smallest absolute Gasteiger partial charge is 0.254 e. The van der Waals surface area contributed by atoms with E-state index in [1.54, 1.807) is 30.1 Å². The van der Waals surface area contributed by atoms with Gasteiger partial charge in [-0.25, -0.2) is 0 Å². The molecule has 2 amide bonds. The SMILES string of the molecule is CCOc1cccc(C(=O)N(C)[C@H](CC(N)=O)Cc2ccccc2)c1. The van der Waals surface area contributed by atoms with Crippen LogP contribution >= 0.6 is 0 Å². The minimum absolute atomic E-state index is 0.113. The Balaban J connectivity index is 2.19. The second-order valence-corrected chi connectivity index (χ2v) is 5.89. The second kappa shape index (κ2) is 8.87. The topological polar surface area (TPSA) is 72.6 Å². The molecule has 5 nitrogen and oxygen atoms in total. The molecule has 2 aromatic carbocycles. The van der Waals surface area contributed by atoms with Gasteiger partial charge in [0.25, 0.3) is 5.91 Å². The summed E-state index contributed by atoms with van der Waals surface area (Å²) in [6.07, 6.45) is 0.680. The summed E-state index contributed by atoms with van der Waals surface area (Å²) in [6.45, 7) is 2.43. The van der Waals surface area contributed by atoms with Crippen molar-refractivity contribution < 1.29 is 14.3 Å². The molecule has 0 bridgehead atoms. The van der Waals surface area contributed by atoms with E-state index < -0.39 is 5.91 Å². The van der Waals surface area contributed by atoms with E-state index >= 15 is 0 Å². The molecule has 5 heteroatoms. The van der Waals surface area contributed by atoms with Crippen molar-refractivity contribution in [2.45, 2.75) is 25.8 Å². The van der Waals surface area contributed by atoms with E-state index in [0.29, 0.717) is 24.3 Å². The third kappa shape index (κ3) is 5.35. The zero-order chi connectivity index (χ0) is 18.2. The summed E-state index contributed by atoms with van der Waals surface area (Å²) >= 11 is 0. The number of hydrogen-bond acceptors (Lipinski definition) is 3. The Morgan fingerprint density at radius 3 is 2.48 bits per heavy atom. The number of rotatable bonds is 8. The van der Waals surface area contributed by atoms with Crippen LogP contribution in [0.1, 0.15) is 29.3 Å². The maximum absolute atomic E-state index is 12.8. The van der Waals surface area contributed by atoms with Crippen LogP contribution in [0.5, 0.6) is 5.75 Å². The number of nitrogens with two attached hydrogens (primary N) is 1. The first-order chi connectivity index (χ1) is 12.0. The summed E-state index contributed by atoms with van der Waals surface area (Å²) in [6, 6.07) is 16.5. The Morgan fingerprint density at radius 1 is 1.12 bits per heavy atom. The molecule has 132 valence electrons. The van der Waals surface area contributed by atoms with Gasteiger partial charge in [0, 0.05) is 25.1 Å². The quantitative estimate of drug-likeness (QED) is 0.803. The Bertz CT molecular complexity index is 716. The highest BCUT2D eigenvalue weighted by molar-refractivity contribution is 5.95. The lowest BCUT2D eigenvalue weighted by molar-refractivity contribution is -0.118. The Morgan fingerprint density at radius 2 is 1.84 bits per heavy atom. The monoisotopic (exact) mass is 340 g/mol. The molecule has 0 aliphatic heterocycles. The summed E-state index contributed by atoms with van der Waals surface area (Å²) < 4.78 is 5.45. The van der Waals surface area contributed by atoms with Gasteiger partial charge in [-0.15, -0.1) is 0 Å². The third-order valence-corrected chi connectivity index (χ3v) is 4.01. The fourth-order valence-corrected chi connectivity index (χ4v) is 2.72. The third-order valence-electron chi connectivity index (χ3n) is 4.01. The number of ether oxygens (including phenoxy) is 1. The average molecular weight is 340 g/mol. The zero-order valence-electron chi connectivity index (χ0n) is 14.6. The van der Waals surface area contributed by atoms with Crippen molar-refractivity contribution in [3.63, 3.8) is 0 Å². The number of nitrogens with zero attached hydrogens (tertiary/aromatic N) is 1. The van der Waals surface area contributed by atoms with Crippen molar-refractivity contribution in [3.8, 4) is 5.75 Å². The van der Waals surface area contributed by atoms with Crippen LogP contribution in [0.3, 0.4) is 0 Å². The molecule has 0 aliphatic carbocycles. The first kappa shape index (κ1) is 18.5. The van der Waals surface area contributed by atoms with Gasteiger partial charge in [0.05, 0.1) is 6.61 Å². The Hall–Kier alpha value is -2.82. The van der Waals surface area contributed by atoms with E-state index in [1.165, 1.54) is 0 Å². The van der Waals surface area contributed by atoms with Crippen molar-refractivity contribution >= 4 is 11.8 Å². The van der Waals surface area contributed by atoms with Gasteiger partial charge in [-0.1, -0.05) is 36.4 Å². The van der Waals surface area contributed by atoms with Gasteiger partial charge in [0.1, 0.15) is 5.75 Å². The molecule has 2 N–H and O–H groups in total. The molecule has 2 rings (SSSR count). The van der Waals surface area contributed by atoms with Gasteiger partial charge in [-0.05, 0) is 37.1 Å². The number of carbonyl (C=O) groups is 2. The fourth-order valence-electron chi connectivity index (χ4n) is 2.72. The normalized spacial score (nSPS) is 11.6. The first-order valence-electron chi connectivity index (χ1n) is 8.33. The van der Waals surface area contributed by atoms with Crippen LogP contribution in [-0.4, -0.2) is 36.4 Å². The molecular formula is C20H24N2O3. The molecule has 0 saturated carbocycles. The fraction of sp³-hybridized carbons (Fsp3) is 0.300. The van der Waals surface area contributed by atoms with Crippen LogP contribution < -0.4 is 10.5 Å². The lowest BCUT2D eigenvalue weighted by Crippen LogP contribution is -2.41. The van der Waals surface area contributed by atoms with E-state index in [0.717, 1.165) is 5.56 Å². The highest BCUT2D eigenvalue weighted by Crippen LogP contribution is 2.18. The van der Waals surface area contributed by atoms with Crippen LogP contribution in [0.25, 0.3) is 0 Å². The minimum Gasteiger partial charge on any atom is -0.494 e. The lowest BCUT2D eigenvalue weighted by atomic mass is 10.0. The molecule has 0 unspecified atom stereocenters. The Kier molecular flexibility index (Phi) is 6.57. The number of likely N-dealkylation sites (N-methyl/N-ethyl adjacent to an activating group) is 1. The lowest BCUT2D eigenvalue weighted by Gasteiger charge is -2.28. The van der Waals surface area contributed by atoms with Gasteiger partial charge < -0.3 is 15.4 Å². The van der Waals surface area contributed by atoms with E-state index in [-0.39, 0.29) is 18.4 Å². The zero-order valence-corrected chi connectivity index (χ0v) is 14.6. The summed E-state index contributed by atoms with van der Waals surface area (Å²) in [5, 5.41) is 0. The standard InChI is InChI=1S/C20H24N2O3/c1-3-25-18-11-7-10-16(13-18)20(24)22(2)17(14-19(21)23)12-15-8-5-4-6-9-15/h4-11,13,17H,3,12,14H2,1-2H3,(H2,21,23)/t17-/m0/s1. The van der Waals surface area contributed by atoms with Crippen molar-refractivity contribution in [2.24, 2.45) is 5.73 Å². The van der Waals surface area contributed by atoms with E-state index in [4.69, 9.17) is 10.5 Å². The van der Waals surface area contributed by atoms with Crippen molar-refractivity contribution in [2.75, 3.05) is 13.7 Å². The van der Waals surface area contributed by atoms with Gasteiger partial charge in [0.2, 0.25) is 5.91 Å². The molecule has 1 atom stereocenters. The average Bonchev–Trinajstić information content (AvgIpc) is 2.61. The van der Waals surface area contributed by atoms with E-state index in [2.05, 4.69) is 0 Å². The van der Waals surface area contributed by atoms with Crippen LogP contribution in [0, 0.1) is 0 Å². The summed E-state index contributed by atoms with van der Waals surface area (Å²) in [5.41, 5.74) is 6.97. The summed E-state index contributed by atoms with van der Waals surface area (Å²) in [7, 11) is 1.70. The molecule has 0 saturated heterocycles. The van der Waals surface area contributed by atoms with Crippen molar-refractivity contribution in [3.05, 3.63) is 65.7 Å². The van der Waals surface area contributed by atoms with Crippen molar-refractivity contribution in [1.82, 2.24) is 4.90 Å². The number of hydrogen-bond donors (Lipinski definition) is 1. The van der Waals surface area contributed by atoms with Gasteiger partial charge in [0.15, 0.2) is 0 Å². The maximum atomic E-state index is 12.8. The number of amides is 2. The maximum Gasteiger partial charge on any atom is 0.254 e. The highest BCUT2D eigenvalue weighted by Gasteiger charge is 2.23. The van der Waals surface area contributed by atoms with Crippen LogP contribution in [0.15, 0.2) is 54.6 Å². The van der Waals surface area contributed by atoms with E-state index in [1.807, 2.05) is 43.3 Å². The van der Waals surface area contributed by atoms with Crippen LogP contribution in [0.4, 0.5) is 0 Å². The number of benzene rings is 2. The van der Waals surface area contributed by atoms with Gasteiger partial charge >= 0.3 is 0 Å². The molecule has 25 heavy (non-hydrogen) atoms. The molecule has 0 aliphatic rings. The molecule has 0 spiro atoms. The highest BCUT2D eigenvalue weighted by atomic mass is 16.5. The minimum atomic E-state index is -0.427. The summed E-state index contributed by atoms with van der Waals surface area (Å²) in [4.78, 5) is 25.9. The predicted octanol–water partition coefficient (Wildman–Crippen LogP) is 2.64. The predicted molar refractivity (Wildman–Crippen MR) is 97.4 cm³/mol. The first-order valence-corrected chi connectivity index (χ1v) is 8.33.